The number of carbonyl (C=O) groups is 1. The van der Waals surface area contributed by atoms with E-state index in [1.807, 2.05) is 96.4 Å². The Kier molecular flexibility index (Phi) is 8.96. The summed E-state index contributed by atoms with van der Waals surface area (Å²) in [6, 6.07) is 22.1. The van der Waals surface area contributed by atoms with E-state index < -0.39 is 6.04 Å². The lowest BCUT2D eigenvalue weighted by atomic mass is 9.93. The molecule has 2 amide bonds. The van der Waals surface area contributed by atoms with Crippen LogP contribution in [0.2, 0.25) is 10.0 Å². The van der Waals surface area contributed by atoms with E-state index in [1.165, 1.54) is 0 Å². The highest BCUT2D eigenvalue weighted by Crippen LogP contribution is 2.45. The van der Waals surface area contributed by atoms with Gasteiger partial charge >= 0.3 is 6.03 Å². The molecule has 5 rings (SSSR count). The molecule has 0 saturated carbocycles. The molecule has 9 heteroatoms. The van der Waals surface area contributed by atoms with Crippen LogP contribution in [0.4, 0.5) is 4.79 Å². The third-order valence-electron chi connectivity index (χ3n) is 7.25. The Hall–Kier alpha value is -3.10. The van der Waals surface area contributed by atoms with Crippen molar-refractivity contribution in [2.45, 2.75) is 32.0 Å². The fourth-order valence-electron chi connectivity index (χ4n) is 5.32. The number of aliphatic imine (C=N–C) groups is 1. The molecule has 210 valence electrons. The summed E-state index contributed by atoms with van der Waals surface area (Å²) in [6.45, 7) is 7.19. The molecule has 2 aliphatic rings. The minimum absolute atomic E-state index is 0.0500. The van der Waals surface area contributed by atoms with E-state index in [0.717, 1.165) is 16.7 Å². The summed E-state index contributed by atoms with van der Waals surface area (Å²) >= 11 is 12.5. The highest BCUT2D eigenvalue weighted by Gasteiger charge is 2.44. The number of aliphatic hydroxyl groups excluding tert-OH is 1. The van der Waals surface area contributed by atoms with Crippen molar-refractivity contribution >= 4 is 35.1 Å². The molecule has 40 heavy (non-hydrogen) atoms. The molecule has 0 aromatic heterocycles. The largest absolute Gasteiger partial charge is 0.490 e. The number of piperazine rings is 1. The Bertz CT molecular complexity index is 1340. The standard InChI is InChI=1S/C31H34Cl2N4O3/c1-21(2)40-27-6-4-3-5-26(27)30-34-28(22-7-11-24(32)12-8-22)29(23-9-13-25(33)14-10-23)37(30)31(39)36-17-15-35(16-18-36)19-20-38/h3-14,21,28-29,38H,15-20H2,1-2H3/t28-,29+/m1/s1. The molecule has 1 fully saturated rings. The van der Waals surface area contributed by atoms with Crippen LogP contribution in [0.25, 0.3) is 0 Å². The lowest BCUT2D eigenvalue weighted by Crippen LogP contribution is -2.54. The molecule has 2 aliphatic heterocycles. The monoisotopic (exact) mass is 580 g/mol. The molecule has 0 unspecified atom stereocenters. The van der Waals surface area contributed by atoms with Crippen LogP contribution in [0, 0.1) is 0 Å². The fourth-order valence-corrected chi connectivity index (χ4v) is 5.57. The number of halogens is 2. The Labute approximate surface area is 245 Å². The van der Waals surface area contributed by atoms with Crippen LogP contribution >= 0.6 is 23.2 Å². The van der Waals surface area contributed by atoms with Crippen molar-refractivity contribution in [1.29, 1.82) is 0 Å². The van der Waals surface area contributed by atoms with Crippen LogP contribution in [0.3, 0.4) is 0 Å². The lowest BCUT2D eigenvalue weighted by Gasteiger charge is -2.39. The van der Waals surface area contributed by atoms with Gasteiger partial charge < -0.3 is 14.7 Å². The Balaban J connectivity index is 1.62. The van der Waals surface area contributed by atoms with Gasteiger partial charge in [-0.1, -0.05) is 59.6 Å². The average molecular weight is 582 g/mol. The average Bonchev–Trinajstić information content (AvgIpc) is 3.34. The fraction of sp³-hybridized carbons (Fsp3) is 0.355. The maximum Gasteiger partial charge on any atom is 0.326 e. The molecular formula is C31H34Cl2N4O3. The first-order chi connectivity index (χ1) is 19.4. The predicted octanol–water partition coefficient (Wildman–Crippen LogP) is 6.06. The van der Waals surface area contributed by atoms with Crippen molar-refractivity contribution in [3.8, 4) is 5.75 Å². The zero-order valence-corrected chi connectivity index (χ0v) is 24.2. The molecule has 7 nitrogen and oxygen atoms in total. The van der Waals surface area contributed by atoms with Gasteiger partial charge in [0, 0.05) is 42.8 Å². The normalized spacial score (nSPS) is 19.7. The summed E-state index contributed by atoms with van der Waals surface area (Å²) in [6.07, 6.45) is -0.0500. The van der Waals surface area contributed by atoms with Gasteiger partial charge in [0.05, 0.1) is 24.3 Å². The summed E-state index contributed by atoms with van der Waals surface area (Å²) in [5, 5.41) is 10.6. The molecule has 2 atom stereocenters. The minimum Gasteiger partial charge on any atom is -0.490 e. The van der Waals surface area contributed by atoms with Gasteiger partial charge in [-0.3, -0.25) is 14.8 Å². The van der Waals surface area contributed by atoms with Crippen molar-refractivity contribution in [3.05, 3.63) is 99.5 Å². The van der Waals surface area contributed by atoms with E-state index in [1.54, 1.807) is 0 Å². The van der Waals surface area contributed by atoms with Gasteiger partial charge in [-0.25, -0.2) is 4.79 Å². The lowest BCUT2D eigenvalue weighted by molar-refractivity contribution is 0.108. The number of carbonyl (C=O) groups excluding carboxylic acids is 1. The number of aliphatic hydroxyl groups is 1. The van der Waals surface area contributed by atoms with Crippen molar-refractivity contribution < 1.29 is 14.6 Å². The zero-order chi connectivity index (χ0) is 28.2. The number of ether oxygens (including phenoxy) is 1. The second-order valence-electron chi connectivity index (χ2n) is 10.3. The van der Waals surface area contributed by atoms with Crippen molar-refractivity contribution in [3.63, 3.8) is 0 Å². The van der Waals surface area contributed by atoms with Crippen LogP contribution in [-0.2, 0) is 0 Å². The van der Waals surface area contributed by atoms with Gasteiger partial charge in [0.15, 0.2) is 0 Å². The molecule has 1 N–H and O–H groups in total. The molecule has 3 aromatic carbocycles. The summed E-state index contributed by atoms with van der Waals surface area (Å²) in [5.74, 6) is 1.24. The number of para-hydroxylation sites is 1. The van der Waals surface area contributed by atoms with Gasteiger partial charge in [-0.15, -0.1) is 0 Å². The van der Waals surface area contributed by atoms with Crippen LogP contribution in [-0.4, -0.2) is 77.1 Å². The highest BCUT2D eigenvalue weighted by atomic mass is 35.5. The topological polar surface area (TPSA) is 68.6 Å². The number of hydrogen-bond donors (Lipinski definition) is 1. The van der Waals surface area contributed by atoms with Crippen LogP contribution in [0.1, 0.15) is 42.6 Å². The smallest absolute Gasteiger partial charge is 0.326 e. The van der Waals surface area contributed by atoms with Gasteiger partial charge in [0.1, 0.15) is 17.6 Å². The number of rotatable bonds is 7. The Morgan fingerprint density at radius 3 is 2.12 bits per heavy atom. The number of amidine groups is 1. The SMILES string of the molecule is CC(C)Oc1ccccc1C1=N[C@H](c2ccc(Cl)cc2)[C@H](c2ccc(Cl)cc2)N1C(=O)N1CCN(CCO)CC1. The van der Waals surface area contributed by atoms with Crippen molar-refractivity contribution in [2.75, 3.05) is 39.3 Å². The number of urea groups is 1. The first-order valence-electron chi connectivity index (χ1n) is 13.6. The second-order valence-corrected chi connectivity index (χ2v) is 11.2. The first-order valence-corrected chi connectivity index (χ1v) is 14.4. The molecule has 2 heterocycles. The quantitative estimate of drug-likeness (QED) is 0.369. The summed E-state index contributed by atoms with van der Waals surface area (Å²) in [4.78, 5) is 25.6. The zero-order valence-electron chi connectivity index (χ0n) is 22.7. The van der Waals surface area contributed by atoms with Crippen LogP contribution in [0.15, 0.2) is 77.8 Å². The highest BCUT2D eigenvalue weighted by molar-refractivity contribution is 6.30. The van der Waals surface area contributed by atoms with Gasteiger partial charge in [-0.2, -0.15) is 0 Å². The van der Waals surface area contributed by atoms with Gasteiger partial charge in [0.25, 0.3) is 0 Å². The number of β-amino-alcohol motifs (C(OH)–C–C–N with tert-alkyl or cyclic N) is 1. The molecule has 0 aliphatic carbocycles. The maximum absolute atomic E-state index is 14.5. The Morgan fingerprint density at radius 2 is 1.52 bits per heavy atom. The first kappa shape index (κ1) is 28.4. The molecule has 0 radical (unpaired) electrons. The molecule has 1 saturated heterocycles. The number of hydrogen-bond acceptors (Lipinski definition) is 5. The second kappa shape index (κ2) is 12.6. The molecule has 0 spiro atoms. The summed E-state index contributed by atoms with van der Waals surface area (Å²) < 4.78 is 6.19. The van der Waals surface area contributed by atoms with E-state index in [-0.39, 0.29) is 24.8 Å². The predicted molar refractivity (Wildman–Crippen MR) is 159 cm³/mol. The molecule has 3 aromatic rings. The maximum atomic E-state index is 14.5. The van der Waals surface area contributed by atoms with Crippen molar-refractivity contribution in [1.82, 2.24) is 14.7 Å². The summed E-state index contributed by atoms with van der Waals surface area (Å²) in [7, 11) is 0. The van der Waals surface area contributed by atoms with Crippen LogP contribution in [0.5, 0.6) is 5.75 Å². The number of benzene rings is 3. The van der Waals surface area contributed by atoms with Gasteiger partial charge in [-0.05, 0) is 61.4 Å². The van der Waals surface area contributed by atoms with Gasteiger partial charge in [0.2, 0.25) is 0 Å². The van der Waals surface area contributed by atoms with E-state index in [4.69, 9.17) is 32.9 Å². The van der Waals surface area contributed by atoms with E-state index in [0.29, 0.717) is 54.4 Å². The van der Waals surface area contributed by atoms with E-state index in [2.05, 4.69) is 4.90 Å². The molecule has 0 bridgehead atoms. The number of amides is 2. The third-order valence-corrected chi connectivity index (χ3v) is 7.75. The third kappa shape index (κ3) is 6.13. The summed E-state index contributed by atoms with van der Waals surface area (Å²) in [5.41, 5.74) is 2.64. The minimum atomic E-state index is -0.413. The number of nitrogens with zero attached hydrogens (tertiary/aromatic N) is 4. The van der Waals surface area contributed by atoms with E-state index >= 15 is 0 Å². The molecular weight excluding hydrogens is 547 g/mol. The van der Waals surface area contributed by atoms with Crippen LogP contribution < -0.4 is 4.74 Å². The van der Waals surface area contributed by atoms with E-state index in [9.17, 15) is 9.90 Å². The Morgan fingerprint density at radius 1 is 0.925 bits per heavy atom. The van der Waals surface area contributed by atoms with Crippen molar-refractivity contribution in [2.24, 2.45) is 4.99 Å².